The second-order valence-electron chi connectivity index (χ2n) is 4.64. The molecule has 0 aromatic rings. The summed E-state index contributed by atoms with van der Waals surface area (Å²) in [5.74, 6) is -0.325. The third-order valence-corrected chi connectivity index (χ3v) is 3.56. The zero-order valence-corrected chi connectivity index (χ0v) is 9.79. The van der Waals surface area contributed by atoms with E-state index in [-0.39, 0.29) is 5.79 Å². The second kappa shape index (κ2) is 4.78. The van der Waals surface area contributed by atoms with Crippen LogP contribution in [0.25, 0.3) is 0 Å². The molecule has 4 heteroatoms. The van der Waals surface area contributed by atoms with Crippen LogP contribution in [0.1, 0.15) is 19.3 Å². The van der Waals surface area contributed by atoms with E-state index in [1.54, 1.807) is 14.2 Å². The molecular weight excluding hydrogens is 192 g/mol. The summed E-state index contributed by atoms with van der Waals surface area (Å²) in [5, 5.41) is 3.56. The van der Waals surface area contributed by atoms with Crippen molar-refractivity contribution in [2.24, 2.45) is 0 Å². The van der Waals surface area contributed by atoms with Gasteiger partial charge in [-0.1, -0.05) is 6.42 Å². The minimum absolute atomic E-state index is 0.325. The molecule has 2 aliphatic heterocycles. The molecule has 0 aliphatic carbocycles. The van der Waals surface area contributed by atoms with E-state index in [2.05, 4.69) is 10.2 Å². The van der Waals surface area contributed by atoms with Gasteiger partial charge in [0.1, 0.15) is 0 Å². The maximum absolute atomic E-state index is 5.36. The fourth-order valence-electron chi connectivity index (χ4n) is 2.50. The van der Waals surface area contributed by atoms with Crippen LogP contribution in [-0.2, 0) is 9.47 Å². The number of hydrogen-bond acceptors (Lipinski definition) is 4. The standard InChI is InChI=1S/C11H22N2O2/c1-14-11(15-2)8-13(9-11)7-10-5-3-4-6-12-10/h10,12H,3-9H2,1-2H3. The molecule has 2 fully saturated rings. The Morgan fingerprint density at radius 1 is 1.27 bits per heavy atom. The largest absolute Gasteiger partial charge is 0.351 e. The topological polar surface area (TPSA) is 33.7 Å². The van der Waals surface area contributed by atoms with Gasteiger partial charge < -0.3 is 14.8 Å². The van der Waals surface area contributed by atoms with E-state index in [4.69, 9.17) is 9.47 Å². The Hall–Kier alpha value is -0.160. The van der Waals surface area contributed by atoms with Crippen LogP contribution in [0.3, 0.4) is 0 Å². The summed E-state index contributed by atoms with van der Waals surface area (Å²) in [7, 11) is 3.44. The molecular formula is C11H22N2O2. The van der Waals surface area contributed by atoms with E-state index in [1.807, 2.05) is 0 Å². The number of piperidine rings is 1. The highest BCUT2D eigenvalue weighted by Crippen LogP contribution is 2.25. The molecule has 2 heterocycles. The molecule has 2 aliphatic rings. The molecule has 1 atom stereocenters. The first-order valence-electron chi connectivity index (χ1n) is 5.84. The molecule has 0 aromatic heterocycles. The lowest BCUT2D eigenvalue weighted by molar-refractivity contribution is -0.276. The summed E-state index contributed by atoms with van der Waals surface area (Å²) >= 11 is 0. The molecule has 88 valence electrons. The van der Waals surface area contributed by atoms with Crippen molar-refractivity contribution in [1.29, 1.82) is 0 Å². The highest BCUT2D eigenvalue weighted by atomic mass is 16.7. The molecule has 0 aromatic carbocycles. The van der Waals surface area contributed by atoms with Gasteiger partial charge in [-0.15, -0.1) is 0 Å². The summed E-state index contributed by atoms with van der Waals surface area (Å²) in [4.78, 5) is 2.40. The predicted molar refractivity (Wildman–Crippen MR) is 58.8 cm³/mol. The lowest BCUT2D eigenvalue weighted by Crippen LogP contribution is -2.65. The van der Waals surface area contributed by atoms with Crippen molar-refractivity contribution in [3.8, 4) is 0 Å². The average Bonchev–Trinajstić information content (AvgIpc) is 2.24. The fourth-order valence-corrected chi connectivity index (χ4v) is 2.50. The van der Waals surface area contributed by atoms with Gasteiger partial charge in [-0.3, -0.25) is 4.90 Å². The van der Waals surface area contributed by atoms with Gasteiger partial charge in [-0.25, -0.2) is 0 Å². The van der Waals surface area contributed by atoms with Crippen molar-refractivity contribution in [3.05, 3.63) is 0 Å². The molecule has 1 N–H and O–H groups in total. The third kappa shape index (κ3) is 2.50. The van der Waals surface area contributed by atoms with Crippen LogP contribution in [-0.4, -0.2) is 57.1 Å². The highest BCUT2D eigenvalue weighted by Gasteiger charge is 2.44. The van der Waals surface area contributed by atoms with Crippen LogP contribution in [0.4, 0.5) is 0 Å². The van der Waals surface area contributed by atoms with Gasteiger partial charge >= 0.3 is 0 Å². The van der Waals surface area contributed by atoms with E-state index in [0.29, 0.717) is 6.04 Å². The van der Waals surface area contributed by atoms with E-state index >= 15 is 0 Å². The average molecular weight is 214 g/mol. The summed E-state index contributed by atoms with van der Waals surface area (Å²) in [6.45, 7) is 4.11. The van der Waals surface area contributed by atoms with E-state index in [9.17, 15) is 0 Å². The number of likely N-dealkylation sites (tertiary alicyclic amines) is 1. The molecule has 1 unspecified atom stereocenters. The Balaban J connectivity index is 1.70. The van der Waals surface area contributed by atoms with Crippen molar-refractivity contribution in [2.75, 3.05) is 40.4 Å². The monoisotopic (exact) mass is 214 g/mol. The van der Waals surface area contributed by atoms with Gasteiger partial charge in [0.2, 0.25) is 0 Å². The van der Waals surface area contributed by atoms with Gasteiger partial charge in [0.05, 0.1) is 13.1 Å². The Morgan fingerprint density at radius 2 is 2.00 bits per heavy atom. The minimum atomic E-state index is -0.325. The van der Waals surface area contributed by atoms with E-state index < -0.39 is 0 Å². The number of nitrogens with zero attached hydrogens (tertiary/aromatic N) is 1. The van der Waals surface area contributed by atoms with Crippen LogP contribution < -0.4 is 5.32 Å². The number of methoxy groups -OCH3 is 2. The van der Waals surface area contributed by atoms with Crippen LogP contribution in [0.2, 0.25) is 0 Å². The lowest BCUT2D eigenvalue weighted by atomic mass is 10.0. The maximum atomic E-state index is 5.36. The van der Waals surface area contributed by atoms with E-state index in [0.717, 1.165) is 19.6 Å². The van der Waals surface area contributed by atoms with Crippen LogP contribution >= 0.6 is 0 Å². The van der Waals surface area contributed by atoms with Gasteiger partial charge in [-0.05, 0) is 19.4 Å². The van der Waals surface area contributed by atoms with Gasteiger partial charge in [0, 0.05) is 26.8 Å². The lowest BCUT2D eigenvalue weighted by Gasteiger charge is -2.48. The number of rotatable bonds is 4. The van der Waals surface area contributed by atoms with Crippen LogP contribution in [0.15, 0.2) is 0 Å². The molecule has 0 amide bonds. The summed E-state index contributed by atoms with van der Waals surface area (Å²) in [5.41, 5.74) is 0. The van der Waals surface area contributed by atoms with Gasteiger partial charge in [-0.2, -0.15) is 0 Å². The highest BCUT2D eigenvalue weighted by molar-refractivity contribution is 4.91. The Morgan fingerprint density at radius 3 is 2.53 bits per heavy atom. The normalized spacial score (nSPS) is 31.2. The van der Waals surface area contributed by atoms with Crippen molar-refractivity contribution < 1.29 is 9.47 Å². The smallest absolute Gasteiger partial charge is 0.193 e. The zero-order chi connectivity index (χ0) is 10.7. The number of ether oxygens (including phenoxy) is 2. The quantitative estimate of drug-likeness (QED) is 0.688. The predicted octanol–water partition coefficient (Wildman–Crippen LogP) is 0.433. The molecule has 0 spiro atoms. The first-order valence-corrected chi connectivity index (χ1v) is 5.84. The van der Waals surface area contributed by atoms with Crippen LogP contribution in [0.5, 0.6) is 0 Å². The van der Waals surface area contributed by atoms with Gasteiger partial charge in [0.25, 0.3) is 0 Å². The molecule has 2 saturated heterocycles. The first kappa shape index (κ1) is 11.3. The molecule has 0 radical (unpaired) electrons. The first-order chi connectivity index (χ1) is 7.28. The van der Waals surface area contributed by atoms with Crippen molar-refractivity contribution in [1.82, 2.24) is 10.2 Å². The van der Waals surface area contributed by atoms with E-state index in [1.165, 1.54) is 25.8 Å². The Kier molecular flexibility index (Phi) is 3.61. The molecule has 0 saturated carbocycles. The summed E-state index contributed by atoms with van der Waals surface area (Å²) in [6.07, 6.45) is 4.01. The van der Waals surface area contributed by atoms with Gasteiger partial charge in [0.15, 0.2) is 5.79 Å². The summed E-state index contributed by atoms with van der Waals surface area (Å²) < 4.78 is 10.7. The molecule has 4 nitrogen and oxygen atoms in total. The maximum Gasteiger partial charge on any atom is 0.193 e. The second-order valence-corrected chi connectivity index (χ2v) is 4.64. The van der Waals surface area contributed by atoms with Crippen LogP contribution in [0, 0.1) is 0 Å². The Bertz CT molecular complexity index is 193. The Labute approximate surface area is 91.9 Å². The molecule has 0 bridgehead atoms. The van der Waals surface area contributed by atoms with Crippen molar-refractivity contribution in [3.63, 3.8) is 0 Å². The SMILES string of the molecule is COC1(OC)CN(CC2CCCCN2)C1. The zero-order valence-electron chi connectivity index (χ0n) is 9.79. The van der Waals surface area contributed by atoms with Crippen molar-refractivity contribution in [2.45, 2.75) is 31.1 Å². The minimum Gasteiger partial charge on any atom is -0.351 e. The molecule has 15 heavy (non-hydrogen) atoms. The fraction of sp³-hybridized carbons (Fsp3) is 1.00. The molecule has 2 rings (SSSR count). The third-order valence-electron chi connectivity index (χ3n) is 3.56. The summed E-state index contributed by atoms with van der Waals surface area (Å²) in [6, 6.07) is 0.672. The number of hydrogen-bond donors (Lipinski definition) is 1. The number of nitrogens with one attached hydrogen (secondary N) is 1. The van der Waals surface area contributed by atoms with Crippen molar-refractivity contribution >= 4 is 0 Å².